The molecule has 0 radical (unpaired) electrons. The maximum absolute atomic E-state index is 11.0. The minimum absolute atomic E-state index is 0.159. The predicted octanol–water partition coefficient (Wildman–Crippen LogP) is 3.43. The van der Waals surface area contributed by atoms with E-state index in [0.29, 0.717) is 12.0 Å². The third kappa shape index (κ3) is 2.30. The molecule has 130 valence electrons. The van der Waals surface area contributed by atoms with E-state index >= 15 is 0 Å². The third-order valence-corrected chi connectivity index (χ3v) is 7.07. The lowest BCUT2D eigenvalue weighted by Gasteiger charge is -2.34. The van der Waals surface area contributed by atoms with E-state index in [-0.39, 0.29) is 10.6 Å². The zero-order chi connectivity index (χ0) is 17.1. The molecule has 1 aliphatic heterocycles. The molecule has 6 heteroatoms. The highest BCUT2D eigenvalue weighted by Gasteiger charge is 2.52. The van der Waals surface area contributed by atoms with Crippen molar-refractivity contribution in [3.63, 3.8) is 0 Å². The number of benzene rings is 1. The standard InChI is InChI=1S/C19H21N3O2S/c23-22(24)13-4-5-18-11(8-13)6-7-21(18)19(25)20-17-10-12-9-16(17)15-3-1-2-14(12)15/h1,3-5,8,12,14-17H,2,6-7,9-10H2,(H,20,25)/t12-,14-,15+,16+,17+/m0/s1. The van der Waals surface area contributed by atoms with Crippen LogP contribution in [0.25, 0.3) is 0 Å². The summed E-state index contributed by atoms with van der Waals surface area (Å²) >= 11 is 5.71. The molecule has 0 spiro atoms. The highest BCUT2D eigenvalue weighted by molar-refractivity contribution is 7.80. The fourth-order valence-electron chi connectivity index (χ4n) is 5.66. The number of thiocarbonyl (C=S) groups is 1. The average molecular weight is 355 g/mol. The number of non-ortho nitro benzene ring substituents is 1. The van der Waals surface area contributed by atoms with Gasteiger partial charge in [-0.1, -0.05) is 12.2 Å². The maximum atomic E-state index is 11.0. The number of hydrogen-bond acceptors (Lipinski definition) is 3. The summed E-state index contributed by atoms with van der Waals surface area (Å²) in [6.07, 6.45) is 9.43. The Balaban J connectivity index is 1.31. The Hall–Kier alpha value is -1.95. The van der Waals surface area contributed by atoms with Crippen LogP contribution in [0.1, 0.15) is 24.8 Å². The minimum atomic E-state index is -0.333. The van der Waals surface area contributed by atoms with Gasteiger partial charge in [-0.05, 0) is 73.2 Å². The lowest BCUT2D eigenvalue weighted by molar-refractivity contribution is -0.384. The quantitative estimate of drug-likeness (QED) is 0.381. The lowest BCUT2D eigenvalue weighted by atomic mass is 9.79. The zero-order valence-electron chi connectivity index (χ0n) is 13.9. The third-order valence-electron chi connectivity index (χ3n) is 6.73. The smallest absolute Gasteiger partial charge is 0.269 e. The Morgan fingerprint density at radius 1 is 1.32 bits per heavy atom. The molecule has 1 aromatic carbocycles. The molecule has 2 fully saturated rings. The van der Waals surface area contributed by atoms with Crippen molar-refractivity contribution < 1.29 is 4.92 Å². The molecule has 0 amide bonds. The topological polar surface area (TPSA) is 58.4 Å². The molecule has 4 aliphatic rings. The van der Waals surface area contributed by atoms with Crippen LogP contribution in [0.4, 0.5) is 11.4 Å². The van der Waals surface area contributed by atoms with Gasteiger partial charge in [0.1, 0.15) is 0 Å². The number of nitrogens with zero attached hydrogens (tertiary/aromatic N) is 2. The monoisotopic (exact) mass is 355 g/mol. The van der Waals surface area contributed by atoms with Gasteiger partial charge in [0.05, 0.1) is 4.92 Å². The van der Waals surface area contributed by atoms with Crippen LogP contribution in [0.5, 0.6) is 0 Å². The molecule has 25 heavy (non-hydrogen) atoms. The fourth-order valence-corrected chi connectivity index (χ4v) is 6.00. The highest BCUT2D eigenvalue weighted by atomic mass is 32.1. The van der Waals surface area contributed by atoms with Crippen LogP contribution >= 0.6 is 12.2 Å². The molecule has 0 unspecified atom stereocenters. The molecule has 3 aliphatic carbocycles. The number of fused-ring (bicyclic) bond motifs is 6. The predicted molar refractivity (Wildman–Crippen MR) is 101 cm³/mol. The van der Waals surface area contributed by atoms with E-state index < -0.39 is 0 Å². The van der Waals surface area contributed by atoms with Gasteiger partial charge in [0.25, 0.3) is 5.69 Å². The van der Waals surface area contributed by atoms with Crippen molar-refractivity contribution in [2.75, 3.05) is 11.4 Å². The molecule has 2 bridgehead atoms. The van der Waals surface area contributed by atoms with Gasteiger partial charge in [0.2, 0.25) is 0 Å². The first-order valence-corrected chi connectivity index (χ1v) is 9.54. The van der Waals surface area contributed by atoms with Crippen LogP contribution in [-0.4, -0.2) is 22.6 Å². The molecule has 0 aromatic heterocycles. The normalized spacial score (nSPS) is 34.2. The summed E-state index contributed by atoms with van der Waals surface area (Å²) in [6.45, 7) is 0.801. The van der Waals surface area contributed by atoms with Crippen molar-refractivity contribution >= 4 is 28.7 Å². The number of rotatable bonds is 2. The van der Waals surface area contributed by atoms with Crippen molar-refractivity contribution in [1.82, 2.24) is 5.32 Å². The Bertz CT molecular complexity index is 793. The van der Waals surface area contributed by atoms with Gasteiger partial charge in [0.15, 0.2) is 5.11 Å². The first-order valence-electron chi connectivity index (χ1n) is 9.14. The van der Waals surface area contributed by atoms with Crippen LogP contribution in [0, 0.1) is 33.8 Å². The van der Waals surface area contributed by atoms with E-state index in [0.717, 1.165) is 47.1 Å². The molecule has 5 atom stereocenters. The number of nitro benzene ring substituents is 1. The molecule has 5 rings (SSSR count). The van der Waals surface area contributed by atoms with Crippen LogP contribution in [0.15, 0.2) is 30.4 Å². The Kier molecular flexibility index (Phi) is 3.39. The Labute approximate surface area is 152 Å². The van der Waals surface area contributed by atoms with Gasteiger partial charge < -0.3 is 10.2 Å². The molecular formula is C19H21N3O2S. The van der Waals surface area contributed by atoms with Crippen molar-refractivity contribution in [2.45, 2.75) is 31.7 Å². The largest absolute Gasteiger partial charge is 0.359 e. The summed E-state index contributed by atoms with van der Waals surface area (Å²) in [5.74, 6) is 3.18. The van der Waals surface area contributed by atoms with Gasteiger partial charge in [-0.3, -0.25) is 10.1 Å². The molecule has 2 saturated carbocycles. The number of hydrogen-bond donors (Lipinski definition) is 1. The summed E-state index contributed by atoms with van der Waals surface area (Å²) in [4.78, 5) is 12.7. The molecule has 1 aromatic rings. The summed E-state index contributed by atoms with van der Waals surface area (Å²) in [5, 5.41) is 15.4. The number of nitrogens with one attached hydrogen (secondary N) is 1. The summed E-state index contributed by atoms with van der Waals surface area (Å²) in [6, 6.07) is 5.57. The van der Waals surface area contributed by atoms with Crippen molar-refractivity contribution in [1.29, 1.82) is 0 Å². The summed E-state index contributed by atoms with van der Waals surface area (Å²) < 4.78 is 0. The SMILES string of the molecule is O=[N+]([O-])c1ccc2c(c1)CCN2C(=S)N[C@@H]1C[C@@H]2C[C@@H]1[C@@H]1C=CC[C@@H]21. The van der Waals surface area contributed by atoms with E-state index in [9.17, 15) is 10.1 Å². The molecular weight excluding hydrogens is 334 g/mol. The van der Waals surface area contributed by atoms with Gasteiger partial charge in [-0.15, -0.1) is 0 Å². The van der Waals surface area contributed by atoms with E-state index in [1.807, 2.05) is 6.07 Å². The van der Waals surface area contributed by atoms with Gasteiger partial charge in [-0.2, -0.15) is 0 Å². The maximum Gasteiger partial charge on any atom is 0.269 e. The number of allylic oxidation sites excluding steroid dienone is 2. The van der Waals surface area contributed by atoms with Gasteiger partial charge in [0, 0.05) is 30.4 Å². The van der Waals surface area contributed by atoms with E-state index in [4.69, 9.17) is 12.2 Å². The Morgan fingerprint density at radius 2 is 2.20 bits per heavy atom. The number of nitro groups is 1. The van der Waals surface area contributed by atoms with Crippen LogP contribution in [-0.2, 0) is 6.42 Å². The highest BCUT2D eigenvalue weighted by Crippen LogP contribution is 2.56. The zero-order valence-corrected chi connectivity index (χ0v) is 14.7. The van der Waals surface area contributed by atoms with Crippen LogP contribution in [0.3, 0.4) is 0 Å². The average Bonchev–Trinajstić information content (AvgIpc) is 3.34. The second-order valence-electron chi connectivity index (χ2n) is 7.83. The lowest BCUT2D eigenvalue weighted by Crippen LogP contribution is -2.48. The number of anilines is 1. The summed E-state index contributed by atoms with van der Waals surface area (Å²) in [7, 11) is 0. The van der Waals surface area contributed by atoms with Crippen molar-refractivity contribution in [3.8, 4) is 0 Å². The first kappa shape index (κ1) is 15.3. The molecule has 5 nitrogen and oxygen atoms in total. The molecule has 1 N–H and O–H groups in total. The second kappa shape index (κ2) is 5.53. The van der Waals surface area contributed by atoms with E-state index in [2.05, 4.69) is 22.4 Å². The van der Waals surface area contributed by atoms with Crippen molar-refractivity contribution in [2.24, 2.45) is 23.7 Å². The van der Waals surface area contributed by atoms with Gasteiger partial charge >= 0.3 is 0 Å². The fraction of sp³-hybridized carbons (Fsp3) is 0.526. The summed E-state index contributed by atoms with van der Waals surface area (Å²) in [5.41, 5.74) is 2.20. The van der Waals surface area contributed by atoms with E-state index in [1.54, 1.807) is 12.1 Å². The van der Waals surface area contributed by atoms with E-state index in [1.165, 1.54) is 19.3 Å². The molecule has 0 saturated heterocycles. The van der Waals surface area contributed by atoms with Gasteiger partial charge in [-0.25, -0.2) is 0 Å². The van der Waals surface area contributed by atoms with Crippen LogP contribution in [0.2, 0.25) is 0 Å². The minimum Gasteiger partial charge on any atom is -0.359 e. The van der Waals surface area contributed by atoms with Crippen molar-refractivity contribution in [3.05, 3.63) is 46.0 Å². The van der Waals surface area contributed by atoms with Crippen LogP contribution < -0.4 is 10.2 Å². The molecule has 1 heterocycles. The Morgan fingerprint density at radius 3 is 3.04 bits per heavy atom. The first-order chi connectivity index (χ1) is 12.1. The second-order valence-corrected chi connectivity index (χ2v) is 8.21.